The molecule has 0 radical (unpaired) electrons. The number of aliphatic carboxylic acids is 1. The van der Waals surface area contributed by atoms with Crippen LogP contribution in [0.15, 0.2) is 48.5 Å². The lowest BCUT2D eigenvalue weighted by Gasteiger charge is -2.15. The van der Waals surface area contributed by atoms with E-state index in [1.54, 1.807) is 18.2 Å². The van der Waals surface area contributed by atoms with E-state index < -0.39 is 12.3 Å². The molecule has 3 rings (SSSR count). The number of carboxylic acid groups (broad SMARTS) is 1. The molecule has 2 aromatic carbocycles. The monoisotopic (exact) mass is 535 g/mol. The zero-order chi connectivity index (χ0) is 27.0. The number of carbonyl (C=O) groups excluding carboxylic acids is 1. The Morgan fingerprint density at radius 2 is 1.65 bits per heavy atom. The molecule has 0 aliphatic rings. The number of hydrogen-bond acceptors (Lipinski definition) is 5. The van der Waals surface area contributed by atoms with E-state index in [2.05, 4.69) is 10.1 Å². The standard InChI is InChI=1S/C27H28F3NO5S/c1-17-15-21(16-18(2)25(17)19-6-8-20(9-7-19)36-27(28,29)30)35-14-4-3-5-22-10-11-23(37-22)26(34)31-13-12-24(32)33/h6-11,15-16H,3-5,12-14H2,1-2H3,(H,31,34)(H,32,33). The van der Waals surface area contributed by atoms with E-state index >= 15 is 0 Å². The van der Waals surface area contributed by atoms with Crippen LogP contribution < -0.4 is 14.8 Å². The average Bonchev–Trinajstić information content (AvgIpc) is 3.27. The van der Waals surface area contributed by atoms with Gasteiger partial charge in [-0.2, -0.15) is 0 Å². The summed E-state index contributed by atoms with van der Waals surface area (Å²) in [5.74, 6) is -0.749. The fourth-order valence-electron chi connectivity index (χ4n) is 3.88. The maximum absolute atomic E-state index is 12.4. The second-order valence-corrected chi connectivity index (χ2v) is 9.64. The van der Waals surface area contributed by atoms with Crippen molar-refractivity contribution in [2.24, 2.45) is 0 Å². The number of halogens is 3. The average molecular weight is 536 g/mol. The predicted molar refractivity (Wildman–Crippen MR) is 135 cm³/mol. The lowest BCUT2D eigenvalue weighted by molar-refractivity contribution is -0.274. The number of carboxylic acids is 1. The molecule has 0 saturated carbocycles. The van der Waals surface area contributed by atoms with E-state index in [-0.39, 0.29) is 24.6 Å². The van der Waals surface area contributed by atoms with E-state index in [1.165, 1.54) is 23.5 Å². The molecule has 1 heterocycles. The summed E-state index contributed by atoms with van der Waals surface area (Å²) < 4.78 is 47.1. The minimum Gasteiger partial charge on any atom is -0.494 e. The highest BCUT2D eigenvalue weighted by molar-refractivity contribution is 7.14. The number of nitrogens with one attached hydrogen (secondary N) is 1. The van der Waals surface area contributed by atoms with Gasteiger partial charge in [0.05, 0.1) is 17.9 Å². The van der Waals surface area contributed by atoms with Crippen molar-refractivity contribution in [3.63, 3.8) is 0 Å². The quantitative estimate of drug-likeness (QED) is 0.257. The summed E-state index contributed by atoms with van der Waals surface area (Å²) in [5, 5.41) is 11.2. The highest BCUT2D eigenvalue weighted by Crippen LogP contribution is 2.33. The van der Waals surface area contributed by atoms with Crippen LogP contribution in [0.2, 0.25) is 0 Å². The molecule has 0 saturated heterocycles. The molecule has 37 heavy (non-hydrogen) atoms. The number of unbranched alkanes of at least 4 members (excludes halogenated alkanes) is 1. The summed E-state index contributed by atoms with van der Waals surface area (Å²) in [7, 11) is 0. The van der Waals surface area contributed by atoms with Crippen molar-refractivity contribution < 1.29 is 37.3 Å². The molecule has 0 unspecified atom stereocenters. The third-order valence-corrected chi connectivity index (χ3v) is 6.62. The predicted octanol–water partition coefficient (Wildman–Crippen LogP) is 6.54. The van der Waals surface area contributed by atoms with Gasteiger partial charge in [-0.25, -0.2) is 0 Å². The Morgan fingerprint density at radius 1 is 0.973 bits per heavy atom. The number of amides is 1. The molecule has 0 bridgehead atoms. The summed E-state index contributed by atoms with van der Waals surface area (Å²) in [4.78, 5) is 24.2. The van der Waals surface area contributed by atoms with Gasteiger partial charge in [-0.3, -0.25) is 9.59 Å². The molecule has 3 aromatic rings. The van der Waals surface area contributed by atoms with Crippen LogP contribution in [0.4, 0.5) is 13.2 Å². The maximum atomic E-state index is 12.4. The van der Waals surface area contributed by atoms with Gasteiger partial charge in [-0.1, -0.05) is 12.1 Å². The second-order valence-electron chi connectivity index (χ2n) is 8.48. The second kappa shape index (κ2) is 12.6. The first-order valence-electron chi connectivity index (χ1n) is 11.7. The fourth-order valence-corrected chi connectivity index (χ4v) is 4.85. The van der Waals surface area contributed by atoms with Crippen molar-refractivity contribution in [2.45, 2.75) is 45.9 Å². The van der Waals surface area contributed by atoms with Gasteiger partial charge in [-0.15, -0.1) is 24.5 Å². The Kier molecular flexibility index (Phi) is 9.57. The van der Waals surface area contributed by atoms with E-state index in [1.807, 2.05) is 32.0 Å². The fraction of sp³-hybridized carbons (Fsp3) is 0.333. The van der Waals surface area contributed by atoms with Crippen LogP contribution in [0, 0.1) is 13.8 Å². The van der Waals surface area contributed by atoms with Gasteiger partial charge >= 0.3 is 12.3 Å². The van der Waals surface area contributed by atoms with Crippen LogP contribution >= 0.6 is 11.3 Å². The van der Waals surface area contributed by atoms with Gasteiger partial charge in [0.1, 0.15) is 11.5 Å². The molecule has 0 aliphatic carbocycles. The molecule has 0 fully saturated rings. The Labute approximate surface area is 217 Å². The zero-order valence-corrected chi connectivity index (χ0v) is 21.3. The van der Waals surface area contributed by atoms with Gasteiger partial charge < -0.3 is 19.9 Å². The molecule has 1 amide bonds. The Hall–Kier alpha value is -3.53. The summed E-state index contributed by atoms with van der Waals surface area (Å²) in [6.45, 7) is 4.49. The molecule has 0 aliphatic heterocycles. The number of alkyl halides is 3. The van der Waals surface area contributed by atoms with Gasteiger partial charge in [0.2, 0.25) is 0 Å². The van der Waals surface area contributed by atoms with Crippen molar-refractivity contribution in [3.8, 4) is 22.6 Å². The third-order valence-electron chi connectivity index (χ3n) is 5.48. The van der Waals surface area contributed by atoms with E-state index in [9.17, 15) is 22.8 Å². The zero-order valence-electron chi connectivity index (χ0n) is 20.5. The van der Waals surface area contributed by atoms with Gasteiger partial charge in [-0.05, 0) is 91.8 Å². The first kappa shape index (κ1) is 28.0. The lowest BCUT2D eigenvalue weighted by Crippen LogP contribution is -2.25. The first-order chi connectivity index (χ1) is 17.5. The smallest absolute Gasteiger partial charge is 0.494 e. The third kappa shape index (κ3) is 8.82. The van der Waals surface area contributed by atoms with Crippen LogP contribution in [-0.2, 0) is 11.2 Å². The number of thiophene rings is 1. The van der Waals surface area contributed by atoms with Gasteiger partial charge in [0, 0.05) is 11.4 Å². The number of ether oxygens (including phenoxy) is 2. The van der Waals surface area contributed by atoms with Crippen molar-refractivity contribution in [1.29, 1.82) is 0 Å². The largest absolute Gasteiger partial charge is 0.573 e. The van der Waals surface area contributed by atoms with Crippen molar-refractivity contribution in [1.82, 2.24) is 5.32 Å². The summed E-state index contributed by atoms with van der Waals surface area (Å²) >= 11 is 1.40. The number of carbonyl (C=O) groups is 2. The van der Waals surface area contributed by atoms with Gasteiger partial charge in [0.25, 0.3) is 5.91 Å². The summed E-state index contributed by atoms with van der Waals surface area (Å²) in [5.41, 5.74) is 3.63. The van der Waals surface area contributed by atoms with Crippen LogP contribution in [0.5, 0.6) is 11.5 Å². The van der Waals surface area contributed by atoms with Crippen LogP contribution in [0.1, 0.15) is 44.9 Å². The molecule has 10 heteroatoms. The number of hydrogen-bond donors (Lipinski definition) is 2. The van der Waals surface area contributed by atoms with E-state index in [0.717, 1.165) is 52.1 Å². The molecule has 0 atom stereocenters. The summed E-state index contributed by atoms with van der Waals surface area (Å²) in [6, 6.07) is 13.3. The molecule has 1 aromatic heterocycles. The topological polar surface area (TPSA) is 84.9 Å². The molecule has 6 nitrogen and oxygen atoms in total. The van der Waals surface area contributed by atoms with E-state index in [4.69, 9.17) is 9.84 Å². The molecule has 0 spiro atoms. The minimum atomic E-state index is -4.72. The number of aryl methyl sites for hydroxylation is 3. The van der Waals surface area contributed by atoms with Crippen molar-refractivity contribution in [2.75, 3.05) is 13.2 Å². The van der Waals surface area contributed by atoms with Gasteiger partial charge in [0.15, 0.2) is 0 Å². The molecular weight excluding hydrogens is 507 g/mol. The SMILES string of the molecule is Cc1cc(OCCCCc2ccc(C(=O)NCCC(=O)O)s2)cc(C)c1-c1ccc(OC(F)(F)F)cc1. The Morgan fingerprint density at radius 3 is 2.27 bits per heavy atom. The maximum Gasteiger partial charge on any atom is 0.573 e. The first-order valence-corrected chi connectivity index (χ1v) is 12.5. The molecular formula is C27H28F3NO5S. The van der Waals surface area contributed by atoms with Crippen LogP contribution in [0.25, 0.3) is 11.1 Å². The minimum absolute atomic E-state index is 0.0991. The number of rotatable bonds is 12. The molecule has 198 valence electrons. The highest BCUT2D eigenvalue weighted by atomic mass is 32.1. The number of benzene rings is 2. The normalized spacial score (nSPS) is 11.3. The van der Waals surface area contributed by atoms with Crippen LogP contribution in [0.3, 0.4) is 0 Å². The molecule has 2 N–H and O–H groups in total. The van der Waals surface area contributed by atoms with Crippen molar-refractivity contribution in [3.05, 3.63) is 69.4 Å². The van der Waals surface area contributed by atoms with E-state index in [0.29, 0.717) is 11.5 Å². The Balaban J connectivity index is 1.47. The lowest BCUT2D eigenvalue weighted by atomic mass is 9.95. The van der Waals surface area contributed by atoms with Crippen molar-refractivity contribution >= 4 is 23.2 Å². The van der Waals surface area contributed by atoms with Crippen LogP contribution in [-0.4, -0.2) is 36.5 Å². The summed E-state index contributed by atoms with van der Waals surface area (Å²) in [6.07, 6.45) is -2.33. The Bertz CT molecular complexity index is 1200. The highest BCUT2D eigenvalue weighted by Gasteiger charge is 2.31.